The van der Waals surface area contributed by atoms with Crippen LogP contribution in [0, 0.1) is 0 Å². The number of allylic oxidation sites excluding steroid dienone is 2. The zero-order chi connectivity index (χ0) is 15.4. The summed E-state index contributed by atoms with van der Waals surface area (Å²) in [7, 11) is 0. The third kappa shape index (κ3) is 3.52. The van der Waals surface area contributed by atoms with Crippen molar-refractivity contribution >= 4 is 34.5 Å². The Balaban J connectivity index is 2.01. The number of carbonyl (C=O) groups excluding carboxylic acids is 2. The minimum atomic E-state index is -0.223. The molecule has 1 heterocycles. The molecular weight excluding hydrogens is 308 g/mol. The first-order valence-corrected chi connectivity index (χ1v) is 8.46. The van der Waals surface area contributed by atoms with Crippen LogP contribution in [0.3, 0.4) is 0 Å². The highest BCUT2D eigenvalue weighted by atomic mass is 35.5. The van der Waals surface area contributed by atoms with Gasteiger partial charge in [-0.15, -0.1) is 0 Å². The molecule has 0 fully saturated rings. The van der Waals surface area contributed by atoms with Crippen molar-refractivity contribution < 1.29 is 9.59 Å². The van der Waals surface area contributed by atoms with Gasteiger partial charge in [0.1, 0.15) is 10.6 Å². The number of aromatic nitrogens is 1. The molecule has 4 nitrogen and oxygen atoms in total. The third-order valence-electron chi connectivity index (χ3n) is 3.55. The monoisotopic (exact) mass is 326 g/mol. The highest BCUT2D eigenvalue weighted by Crippen LogP contribution is 2.31. The molecular formula is C15H19ClN2O2S. The van der Waals surface area contributed by atoms with E-state index < -0.39 is 0 Å². The average molecular weight is 327 g/mol. The van der Waals surface area contributed by atoms with Crippen LogP contribution >= 0.6 is 22.9 Å². The molecule has 0 aliphatic heterocycles. The number of thiazole rings is 1. The van der Waals surface area contributed by atoms with Gasteiger partial charge in [-0.1, -0.05) is 55.5 Å². The lowest BCUT2D eigenvalue weighted by molar-refractivity contribution is 0.0968. The van der Waals surface area contributed by atoms with Crippen LogP contribution in [0.15, 0.2) is 11.3 Å². The number of nitrogens with zero attached hydrogens (tertiary/aromatic N) is 1. The number of fused-ring (bicyclic) bond motifs is 1. The van der Waals surface area contributed by atoms with Crippen LogP contribution < -0.4 is 5.32 Å². The standard InChI is InChI=1S/C15H19ClN2O2S/c1-3-4-5-6-7-8-17-10-9(2)12(19)14-11(13(10)20)18-15(16)21-14/h17H,3-8H2,1-2H3. The maximum atomic E-state index is 12.4. The van der Waals surface area contributed by atoms with E-state index in [4.69, 9.17) is 11.6 Å². The molecule has 0 amide bonds. The van der Waals surface area contributed by atoms with Crippen LogP contribution in [-0.2, 0) is 0 Å². The second kappa shape index (κ2) is 7.18. The molecule has 1 aromatic rings. The molecule has 0 unspecified atom stereocenters. The number of rotatable bonds is 7. The molecule has 0 radical (unpaired) electrons. The van der Waals surface area contributed by atoms with Crippen LogP contribution in [-0.4, -0.2) is 23.1 Å². The van der Waals surface area contributed by atoms with Crippen LogP contribution in [0.5, 0.6) is 0 Å². The predicted octanol–water partition coefficient (Wildman–Crippen LogP) is 4.01. The first kappa shape index (κ1) is 16.2. The number of hydrogen-bond acceptors (Lipinski definition) is 5. The Morgan fingerprint density at radius 2 is 1.86 bits per heavy atom. The van der Waals surface area contributed by atoms with Crippen molar-refractivity contribution in [2.75, 3.05) is 6.54 Å². The Bertz CT molecular complexity index is 592. The lowest BCUT2D eigenvalue weighted by Crippen LogP contribution is -2.29. The van der Waals surface area contributed by atoms with E-state index in [0.717, 1.165) is 24.2 Å². The van der Waals surface area contributed by atoms with Gasteiger partial charge in [-0.2, -0.15) is 0 Å². The quantitative estimate of drug-likeness (QED) is 0.769. The molecule has 1 aromatic heterocycles. The smallest absolute Gasteiger partial charge is 0.229 e. The van der Waals surface area contributed by atoms with Crippen molar-refractivity contribution in [3.8, 4) is 0 Å². The number of ketones is 2. The summed E-state index contributed by atoms with van der Waals surface area (Å²) in [5.74, 6) is -0.374. The summed E-state index contributed by atoms with van der Waals surface area (Å²) in [6, 6.07) is 0. The Morgan fingerprint density at radius 3 is 2.57 bits per heavy atom. The second-order valence-corrected chi connectivity index (χ2v) is 6.72. The summed E-state index contributed by atoms with van der Waals surface area (Å²) < 4.78 is 0.232. The molecule has 0 aromatic carbocycles. The molecule has 2 rings (SSSR count). The van der Waals surface area contributed by atoms with E-state index in [1.165, 1.54) is 19.3 Å². The summed E-state index contributed by atoms with van der Waals surface area (Å²) in [6.45, 7) is 4.55. The normalized spacial score (nSPS) is 14.6. The van der Waals surface area contributed by atoms with Gasteiger partial charge in [-0.3, -0.25) is 9.59 Å². The van der Waals surface area contributed by atoms with Crippen molar-refractivity contribution in [1.82, 2.24) is 10.3 Å². The van der Waals surface area contributed by atoms with Crippen LogP contribution in [0.4, 0.5) is 0 Å². The number of carbonyl (C=O) groups is 2. The van der Waals surface area contributed by atoms with Gasteiger partial charge in [0.15, 0.2) is 4.47 Å². The number of unbranched alkanes of at least 4 members (excludes halogenated alkanes) is 4. The molecule has 1 N–H and O–H groups in total. The minimum Gasteiger partial charge on any atom is -0.381 e. The molecule has 1 aliphatic carbocycles. The van der Waals surface area contributed by atoms with E-state index in [9.17, 15) is 9.59 Å². The largest absolute Gasteiger partial charge is 0.381 e. The Kier molecular flexibility index (Phi) is 5.53. The zero-order valence-electron chi connectivity index (χ0n) is 12.3. The van der Waals surface area contributed by atoms with Crippen molar-refractivity contribution in [2.45, 2.75) is 46.0 Å². The van der Waals surface area contributed by atoms with E-state index >= 15 is 0 Å². The first-order chi connectivity index (χ1) is 10.1. The summed E-state index contributed by atoms with van der Waals surface area (Å²) in [4.78, 5) is 28.9. The summed E-state index contributed by atoms with van der Waals surface area (Å²) >= 11 is 6.88. The molecule has 6 heteroatoms. The second-order valence-electron chi connectivity index (χ2n) is 5.14. The van der Waals surface area contributed by atoms with E-state index in [2.05, 4.69) is 17.2 Å². The number of halogens is 1. The summed E-state index contributed by atoms with van der Waals surface area (Å²) in [6.07, 6.45) is 5.76. The number of nitrogens with one attached hydrogen (secondary N) is 1. The van der Waals surface area contributed by atoms with Gasteiger partial charge in [0, 0.05) is 12.1 Å². The molecule has 0 spiro atoms. The minimum absolute atomic E-state index is 0.150. The van der Waals surface area contributed by atoms with Crippen LogP contribution in [0.25, 0.3) is 0 Å². The van der Waals surface area contributed by atoms with Crippen LogP contribution in [0.1, 0.15) is 66.1 Å². The van der Waals surface area contributed by atoms with Gasteiger partial charge in [0.25, 0.3) is 0 Å². The summed E-state index contributed by atoms with van der Waals surface area (Å²) in [5.41, 5.74) is 1.03. The molecule has 21 heavy (non-hydrogen) atoms. The maximum absolute atomic E-state index is 12.4. The fourth-order valence-electron chi connectivity index (χ4n) is 2.33. The molecule has 1 aliphatic rings. The predicted molar refractivity (Wildman–Crippen MR) is 85.2 cm³/mol. The molecule has 0 atom stereocenters. The Hall–Kier alpha value is -1.20. The highest BCUT2D eigenvalue weighted by molar-refractivity contribution is 7.18. The van der Waals surface area contributed by atoms with Gasteiger partial charge in [0.2, 0.25) is 11.6 Å². The Morgan fingerprint density at radius 1 is 1.14 bits per heavy atom. The molecule has 0 saturated carbocycles. The maximum Gasteiger partial charge on any atom is 0.229 e. The zero-order valence-corrected chi connectivity index (χ0v) is 13.9. The van der Waals surface area contributed by atoms with Gasteiger partial charge in [-0.25, -0.2) is 4.98 Å². The lowest BCUT2D eigenvalue weighted by Gasteiger charge is -2.16. The number of hydrogen-bond donors (Lipinski definition) is 1. The van der Waals surface area contributed by atoms with Crippen molar-refractivity contribution in [3.63, 3.8) is 0 Å². The Labute approximate surface area is 133 Å². The van der Waals surface area contributed by atoms with Crippen molar-refractivity contribution in [2.24, 2.45) is 0 Å². The SMILES string of the molecule is CCCCCCCNC1=C(C)C(=O)c2sc(Cl)nc2C1=O. The van der Waals surface area contributed by atoms with Gasteiger partial charge < -0.3 is 5.32 Å². The van der Waals surface area contributed by atoms with E-state index in [-0.39, 0.29) is 21.7 Å². The fourth-order valence-corrected chi connectivity index (χ4v) is 3.43. The van der Waals surface area contributed by atoms with E-state index in [1.807, 2.05) is 0 Å². The molecule has 0 saturated heterocycles. The van der Waals surface area contributed by atoms with Crippen molar-refractivity contribution in [1.29, 1.82) is 0 Å². The van der Waals surface area contributed by atoms with Crippen molar-refractivity contribution in [3.05, 3.63) is 26.3 Å². The highest BCUT2D eigenvalue weighted by Gasteiger charge is 2.33. The van der Waals surface area contributed by atoms with Gasteiger partial charge in [-0.05, 0) is 13.3 Å². The number of Topliss-reactive ketones (excluding diaryl/α,β-unsaturated/α-hetero) is 2. The lowest BCUT2D eigenvalue weighted by atomic mass is 9.97. The fraction of sp³-hybridized carbons (Fsp3) is 0.533. The molecule has 114 valence electrons. The van der Waals surface area contributed by atoms with Gasteiger partial charge >= 0.3 is 0 Å². The topological polar surface area (TPSA) is 59.1 Å². The molecule has 0 bridgehead atoms. The first-order valence-electron chi connectivity index (χ1n) is 7.26. The van der Waals surface area contributed by atoms with E-state index in [0.29, 0.717) is 22.7 Å². The summed E-state index contributed by atoms with van der Waals surface area (Å²) in [5, 5.41) is 3.11. The van der Waals surface area contributed by atoms with E-state index in [1.54, 1.807) is 6.92 Å². The van der Waals surface area contributed by atoms with Gasteiger partial charge in [0.05, 0.1) is 5.70 Å². The average Bonchev–Trinajstić information content (AvgIpc) is 2.86. The van der Waals surface area contributed by atoms with Crippen LogP contribution in [0.2, 0.25) is 4.47 Å². The third-order valence-corrected chi connectivity index (χ3v) is 4.71.